The van der Waals surface area contributed by atoms with Crippen molar-refractivity contribution in [2.24, 2.45) is 0 Å². The molecule has 1 unspecified atom stereocenters. The van der Waals surface area contributed by atoms with Crippen LogP contribution in [0.1, 0.15) is 5.56 Å². The van der Waals surface area contributed by atoms with Gasteiger partial charge in [0.05, 0.1) is 14.2 Å². The number of methoxy groups -OCH3 is 1. The van der Waals surface area contributed by atoms with Gasteiger partial charge < -0.3 is 9.47 Å². The highest BCUT2D eigenvalue weighted by atomic mass is 16.7. The van der Waals surface area contributed by atoms with Crippen molar-refractivity contribution >= 4 is 18.5 Å². The number of hydrogen-bond acceptors (Lipinski definition) is 5. The quantitative estimate of drug-likeness (QED) is 0.606. The monoisotopic (exact) mass is 291 g/mol. The van der Waals surface area contributed by atoms with Crippen LogP contribution in [0.2, 0.25) is 6.32 Å². The second kappa shape index (κ2) is 6.63. The van der Waals surface area contributed by atoms with Crippen molar-refractivity contribution in [1.82, 2.24) is 5.06 Å². The van der Waals surface area contributed by atoms with Crippen LogP contribution in [0.25, 0.3) is 0 Å². The van der Waals surface area contributed by atoms with E-state index in [0.717, 1.165) is 16.4 Å². The summed E-state index contributed by atoms with van der Waals surface area (Å²) >= 11 is 0. The normalized spacial score (nSPS) is 17.6. The Morgan fingerprint density at radius 2 is 2.05 bits per heavy atom. The average molecular weight is 291 g/mol. The van der Waals surface area contributed by atoms with E-state index < -0.39 is 6.10 Å². The zero-order chi connectivity index (χ0) is 15.4. The lowest BCUT2D eigenvalue weighted by molar-refractivity contribution is -0.176. The number of rotatable bonds is 5. The van der Waals surface area contributed by atoms with Gasteiger partial charge in [0.1, 0.15) is 5.75 Å². The number of carbonyl (C=O) groups excluding carboxylic acids is 2. The zero-order valence-corrected chi connectivity index (χ0v) is 12.4. The van der Waals surface area contributed by atoms with Crippen LogP contribution in [0.5, 0.6) is 5.75 Å². The van der Waals surface area contributed by atoms with E-state index in [0.29, 0.717) is 12.6 Å². The molecule has 0 N–H and O–H groups in total. The molecule has 1 atom stereocenters. The molecule has 112 valence electrons. The Morgan fingerprint density at radius 3 is 2.62 bits per heavy atom. The lowest BCUT2D eigenvalue weighted by Crippen LogP contribution is -2.35. The van der Waals surface area contributed by atoms with Gasteiger partial charge in [-0.15, -0.1) is 0 Å². The molecule has 1 aromatic carbocycles. The third-order valence-electron chi connectivity index (χ3n) is 3.59. The van der Waals surface area contributed by atoms with Crippen LogP contribution in [-0.4, -0.2) is 50.9 Å². The lowest BCUT2D eigenvalue weighted by atomic mass is 9.44. The molecule has 1 aromatic rings. The highest BCUT2D eigenvalue weighted by Gasteiger charge is 2.42. The van der Waals surface area contributed by atoms with Gasteiger partial charge in [-0.25, -0.2) is 5.06 Å². The smallest absolute Gasteiger partial charge is 0.286 e. The molecular formula is C14H18BNO5. The molecular weight excluding hydrogens is 273 g/mol. The fraction of sp³-hybridized carbons (Fsp3) is 0.429. The number of carbonyl (C=O) groups is 2. The predicted molar refractivity (Wildman–Crippen MR) is 77.3 cm³/mol. The molecule has 0 bridgehead atoms. The number of nitrogens with zero attached hydrogens (tertiary/aromatic N) is 1. The molecule has 1 saturated heterocycles. The molecule has 0 spiro atoms. The fourth-order valence-corrected chi connectivity index (χ4v) is 2.30. The standard InChI is InChI=1S/C14H18BNO5/c1-16(20-3)13(17)12-9-15(14(18)21-12)8-10-4-6-11(19-2)7-5-10/h4-7,12H,8-9H2,1-3H3. The number of hydrogen-bond donors (Lipinski definition) is 0. The third-order valence-corrected chi connectivity index (χ3v) is 3.59. The van der Waals surface area contributed by atoms with Gasteiger partial charge in [-0.1, -0.05) is 17.7 Å². The predicted octanol–water partition coefficient (Wildman–Crippen LogP) is 1.39. The number of likely N-dealkylation sites (N-methyl/N-ethyl adjacent to an activating group) is 1. The molecule has 7 heteroatoms. The van der Waals surface area contributed by atoms with Crippen molar-refractivity contribution in [3.05, 3.63) is 29.8 Å². The summed E-state index contributed by atoms with van der Waals surface area (Å²) in [7, 11) is 4.49. The summed E-state index contributed by atoms with van der Waals surface area (Å²) in [4.78, 5) is 28.6. The molecule has 1 aliphatic rings. The van der Waals surface area contributed by atoms with Crippen LogP contribution in [0.15, 0.2) is 24.3 Å². The molecule has 0 aromatic heterocycles. The fourth-order valence-electron chi connectivity index (χ4n) is 2.30. The van der Waals surface area contributed by atoms with Gasteiger partial charge in [-0.05, 0) is 24.8 Å². The van der Waals surface area contributed by atoms with Crippen LogP contribution >= 0.6 is 0 Å². The van der Waals surface area contributed by atoms with Gasteiger partial charge in [0, 0.05) is 7.05 Å². The Bertz CT molecular complexity index is 519. The molecule has 21 heavy (non-hydrogen) atoms. The molecule has 1 aliphatic heterocycles. The number of amides is 1. The molecule has 0 saturated carbocycles. The van der Waals surface area contributed by atoms with Gasteiger partial charge in [-0.2, -0.15) is 0 Å². The van der Waals surface area contributed by atoms with Crippen LogP contribution in [0, 0.1) is 0 Å². The van der Waals surface area contributed by atoms with E-state index >= 15 is 0 Å². The first-order chi connectivity index (χ1) is 10.0. The van der Waals surface area contributed by atoms with E-state index in [1.54, 1.807) is 7.11 Å². The topological polar surface area (TPSA) is 65.1 Å². The van der Waals surface area contributed by atoms with E-state index in [-0.39, 0.29) is 18.5 Å². The highest BCUT2D eigenvalue weighted by Crippen LogP contribution is 2.22. The minimum absolute atomic E-state index is 0.308. The Labute approximate surface area is 124 Å². The van der Waals surface area contributed by atoms with E-state index in [1.807, 2.05) is 24.3 Å². The Hall–Kier alpha value is -2.02. The van der Waals surface area contributed by atoms with E-state index in [2.05, 4.69) is 0 Å². The summed E-state index contributed by atoms with van der Waals surface area (Å²) in [5.41, 5.74) is 1.01. The highest BCUT2D eigenvalue weighted by molar-refractivity contribution is 6.89. The van der Waals surface area contributed by atoms with Crippen molar-refractivity contribution < 1.29 is 23.9 Å². The summed E-state index contributed by atoms with van der Waals surface area (Å²) in [6, 6.07) is 7.50. The summed E-state index contributed by atoms with van der Waals surface area (Å²) in [6.45, 7) is -0.308. The van der Waals surface area contributed by atoms with Gasteiger partial charge in [0.15, 0.2) is 6.10 Å². The van der Waals surface area contributed by atoms with Gasteiger partial charge in [-0.3, -0.25) is 14.4 Å². The molecule has 2 rings (SSSR count). The zero-order valence-electron chi connectivity index (χ0n) is 12.4. The molecule has 0 radical (unpaired) electrons. The summed E-state index contributed by atoms with van der Waals surface area (Å²) in [6.07, 6.45) is 0.159. The van der Waals surface area contributed by atoms with Crippen molar-refractivity contribution in [3.63, 3.8) is 0 Å². The molecule has 6 nitrogen and oxygen atoms in total. The van der Waals surface area contributed by atoms with Crippen molar-refractivity contribution in [2.45, 2.75) is 18.7 Å². The van der Waals surface area contributed by atoms with Crippen LogP contribution < -0.4 is 4.74 Å². The first kappa shape index (κ1) is 15.4. The second-order valence-electron chi connectivity index (χ2n) is 4.93. The Balaban J connectivity index is 1.98. The largest absolute Gasteiger partial charge is 0.497 e. The summed E-state index contributed by atoms with van der Waals surface area (Å²) in [5, 5.41) is 1.08. The number of hydroxylamine groups is 2. The van der Waals surface area contributed by atoms with Gasteiger partial charge >= 0.3 is 0 Å². The maximum absolute atomic E-state index is 11.9. The third kappa shape index (κ3) is 3.55. The molecule has 1 amide bonds. The number of cyclic esters (lactones) is 1. The first-order valence-corrected chi connectivity index (χ1v) is 6.70. The van der Waals surface area contributed by atoms with E-state index in [9.17, 15) is 9.59 Å². The number of ether oxygens (including phenoxy) is 2. The minimum atomic E-state index is -0.759. The lowest BCUT2D eigenvalue weighted by Gasteiger charge is -2.17. The summed E-state index contributed by atoms with van der Waals surface area (Å²) < 4.78 is 10.2. The van der Waals surface area contributed by atoms with Crippen molar-refractivity contribution in [3.8, 4) is 5.75 Å². The Morgan fingerprint density at radius 1 is 1.38 bits per heavy atom. The van der Waals surface area contributed by atoms with E-state index in [1.165, 1.54) is 14.2 Å². The van der Waals surface area contributed by atoms with Crippen molar-refractivity contribution in [1.29, 1.82) is 0 Å². The van der Waals surface area contributed by atoms with E-state index in [4.69, 9.17) is 14.3 Å². The first-order valence-electron chi connectivity index (χ1n) is 6.70. The van der Waals surface area contributed by atoms with Gasteiger partial charge in [0.2, 0.25) is 0 Å². The van der Waals surface area contributed by atoms with Crippen LogP contribution in [0.4, 0.5) is 4.79 Å². The van der Waals surface area contributed by atoms with Crippen LogP contribution in [-0.2, 0) is 20.7 Å². The SMILES string of the molecule is COc1ccc(CB2CC(C(=O)N(C)OC)OC2=O)cc1. The maximum Gasteiger partial charge on any atom is 0.286 e. The minimum Gasteiger partial charge on any atom is -0.497 e. The molecule has 0 aliphatic carbocycles. The van der Waals surface area contributed by atoms with Crippen molar-refractivity contribution in [2.75, 3.05) is 21.3 Å². The summed E-state index contributed by atoms with van der Waals surface area (Å²) in [5.74, 6) is 0.0827. The van der Waals surface area contributed by atoms with Crippen LogP contribution in [0.3, 0.4) is 0 Å². The molecule has 1 heterocycles. The number of benzene rings is 1. The Kier molecular flexibility index (Phi) is 4.85. The average Bonchev–Trinajstić information content (AvgIpc) is 2.87. The maximum atomic E-state index is 11.9. The second-order valence-corrected chi connectivity index (χ2v) is 4.93. The molecule has 1 fully saturated rings. The van der Waals surface area contributed by atoms with Gasteiger partial charge in [0.25, 0.3) is 18.5 Å².